The summed E-state index contributed by atoms with van der Waals surface area (Å²) in [7, 11) is 2.08. The molecule has 3 aliphatic rings. The zero-order valence-corrected chi connectivity index (χ0v) is 18.3. The van der Waals surface area contributed by atoms with Gasteiger partial charge in [-0.15, -0.1) is 0 Å². The first-order valence-corrected chi connectivity index (χ1v) is 11.5. The highest BCUT2D eigenvalue weighted by atomic mass is 16.6. The van der Waals surface area contributed by atoms with Crippen molar-refractivity contribution >= 4 is 17.0 Å². The number of nitrogens with one attached hydrogen (secondary N) is 1. The fraction of sp³-hybridized carbons (Fsp3) is 0.522. The van der Waals surface area contributed by atoms with Crippen LogP contribution in [0.25, 0.3) is 22.6 Å². The topological polar surface area (TPSA) is 86.6 Å². The minimum Gasteiger partial charge on any atom is -0.486 e. The van der Waals surface area contributed by atoms with E-state index in [9.17, 15) is 0 Å². The van der Waals surface area contributed by atoms with Crippen LogP contribution in [0.5, 0.6) is 11.5 Å². The normalized spacial score (nSPS) is 19.5. The lowest BCUT2D eigenvalue weighted by Crippen LogP contribution is -2.37. The van der Waals surface area contributed by atoms with Gasteiger partial charge in [0.25, 0.3) is 0 Å². The molecule has 1 aromatic carbocycles. The summed E-state index contributed by atoms with van der Waals surface area (Å²) in [6, 6.07) is 5.92. The first-order valence-electron chi connectivity index (χ1n) is 11.5. The molecule has 5 heterocycles. The van der Waals surface area contributed by atoms with Crippen molar-refractivity contribution in [3.63, 3.8) is 0 Å². The number of rotatable bonds is 3. The summed E-state index contributed by atoms with van der Waals surface area (Å²) in [4.78, 5) is 17.4. The Morgan fingerprint density at radius 2 is 1.72 bits per heavy atom. The van der Waals surface area contributed by atoms with E-state index in [-0.39, 0.29) is 0 Å². The van der Waals surface area contributed by atoms with Gasteiger partial charge in [0, 0.05) is 31.6 Å². The summed E-state index contributed by atoms with van der Waals surface area (Å²) in [6.07, 6.45) is 2.18. The lowest BCUT2D eigenvalue weighted by atomic mass is 9.97. The number of anilines is 1. The van der Waals surface area contributed by atoms with Crippen molar-refractivity contribution in [1.82, 2.24) is 24.8 Å². The smallest absolute Gasteiger partial charge is 0.166 e. The van der Waals surface area contributed by atoms with Crippen LogP contribution in [0.2, 0.25) is 0 Å². The van der Waals surface area contributed by atoms with E-state index in [0.717, 1.165) is 78.9 Å². The van der Waals surface area contributed by atoms with E-state index in [1.165, 1.54) is 0 Å². The largest absolute Gasteiger partial charge is 0.486 e. The molecule has 9 nitrogen and oxygen atoms in total. The van der Waals surface area contributed by atoms with E-state index >= 15 is 0 Å². The zero-order chi connectivity index (χ0) is 21.5. The van der Waals surface area contributed by atoms with Crippen LogP contribution < -0.4 is 19.7 Å². The Labute approximate surface area is 186 Å². The molecule has 168 valence electrons. The minimum atomic E-state index is 0.436. The maximum absolute atomic E-state index is 5.80. The molecule has 0 unspecified atom stereocenters. The van der Waals surface area contributed by atoms with Gasteiger partial charge >= 0.3 is 0 Å². The molecule has 6 rings (SSSR count). The molecule has 9 heteroatoms. The van der Waals surface area contributed by atoms with Crippen molar-refractivity contribution in [3.05, 3.63) is 24.0 Å². The Hall–Kier alpha value is -2.91. The summed E-state index contributed by atoms with van der Waals surface area (Å²) in [6.45, 7) is 6.16. The minimum absolute atomic E-state index is 0.436. The van der Waals surface area contributed by atoms with Gasteiger partial charge in [-0.25, -0.2) is 15.0 Å². The fourth-order valence-corrected chi connectivity index (χ4v) is 4.82. The number of aryl methyl sites for hydroxylation is 1. The van der Waals surface area contributed by atoms with Crippen molar-refractivity contribution in [3.8, 4) is 22.9 Å². The number of fused-ring (bicyclic) bond motifs is 2. The van der Waals surface area contributed by atoms with Crippen LogP contribution in [0.1, 0.15) is 24.6 Å². The van der Waals surface area contributed by atoms with Crippen LogP contribution in [-0.4, -0.2) is 72.1 Å². The summed E-state index contributed by atoms with van der Waals surface area (Å²) in [5.41, 5.74) is 2.67. The van der Waals surface area contributed by atoms with Crippen LogP contribution in [-0.2, 0) is 11.8 Å². The Morgan fingerprint density at radius 3 is 2.53 bits per heavy atom. The Kier molecular flexibility index (Phi) is 5.07. The van der Waals surface area contributed by atoms with E-state index in [4.69, 9.17) is 29.2 Å². The number of hydrogen-bond donors (Lipinski definition) is 1. The van der Waals surface area contributed by atoms with E-state index in [1.807, 2.05) is 18.2 Å². The molecular formula is C23H28N6O3. The standard InChI is InChI=1S/C23H28N6O3/c1-28-21(15-4-6-24-7-5-15)25-19-22(28)26-20(27-23(19)29-8-10-30-11-9-29)16-2-3-17-18(14-16)32-13-12-31-17/h2-3,14-15,24H,4-13H2,1H3. The maximum atomic E-state index is 5.80. The fourth-order valence-electron chi connectivity index (χ4n) is 4.82. The average Bonchev–Trinajstić information content (AvgIpc) is 3.20. The molecular weight excluding hydrogens is 408 g/mol. The van der Waals surface area contributed by atoms with Gasteiger partial charge < -0.3 is 29.0 Å². The Balaban J connectivity index is 1.49. The average molecular weight is 437 g/mol. The zero-order valence-electron chi connectivity index (χ0n) is 18.3. The lowest BCUT2D eigenvalue weighted by molar-refractivity contribution is 0.122. The third-order valence-electron chi connectivity index (χ3n) is 6.55. The Morgan fingerprint density at radius 1 is 0.938 bits per heavy atom. The molecule has 0 atom stereocenters. The molecule has 32 heavy (non-hydrogen) atoms. The number of ether oxygens (including phenoxy) is 3. The molecule has 1 N–H and O–H groups in total. The van der Waals surface area contributed by atoms with Crippen LogP contribution in [0, 0.1) is 0 Å². The first kappa shape index (κ1) is 19.8. The third-order valence-corrected chi connectivity index (χ3v) is 6.55. The molecule has 2 saturated heterocycles. The van der Waals surface area contributed by atoms with Gasteiger partial charge in [0.1, 0.15) is 19.0 Å². The summed E-state index contributed by atoms with van der Waals surface area (Å²) in [5.74, 6) is 4.61. The summed E-state index contributed by atoms with van der Waals surface area (Å²) < 4.78 is 19.2. The molecule has 2 aromatic heterocycles. The van der Waals surface area contributed by atoms with Gasteiger partial charge in [0.05, 0.1) is 13.2 Å². The van der Waals surface area contributed by atoms with Crippen molar-refractivity contribution in [1.29, 1.82) is 0 Å². The number of aromatic nitrogens is 4. The molecule has 3 aromatic rings. The van der Waals surface area contributed by atoms with E-state index < -0.39 is 0 Å². The SMILES string of the molecule is Cn1c(C2CCNCC2)nc2c(N3CCOCC3)nc(-c3ccc4c(c3)OCCO4)nc21. The Bertz CT molecular complexity index is 1130. The van der Waals surface area contributed by atoms with Crippen molar-refractivity contribution < 1.29 is 14.2 Å². The second-order valence-electron chi connectivity index (χ2n) is 8.55. The molecule has 2 fully saturated rings. The molecule has 0 radical (unpaired) electrons. The molecule has 0 aliphatic carbocycles. The van der Waals surface area contributed by atoms with Gasteiger partial charge in [-0.05, 0) is 44.1 Å². The van der Waals surface area contributed by atoms with E-state index in [1.54, 1.807) is 0 Å². The van der Waals surface area contributed by atoms with Crippen LogP contribution >= 0.6 is 0 Å². The lowest BCUT2D eigenvalue weighted by Gasteiger charge is -2.28. The number of imidazole rings is 1. The summed E-state index contributed by atoms with van der Waals surface area (Å²) in [5, 5.41) is 3.45. The van der Waals surface area contributed by atoms with Crippen LogP contribution in [0.4, 0.5) is 5.82 Å². The third kappa shape index (κ3) is 3.45. The van der Waals surface area contributed by atoms with Gasteiger partial charge in [-0.2, -0.15) is 0 Å². The second-order valence-corrected chi connectivity index (χ2v) is 8.55. The first-order chi connectivity index (χ1) is 15.8. The van der Waals surface area contributed by atoms with Gasteiger partial charge in [-0.1, -0.05) is 0 Å². The van der Waals surface area contributed by atoms with Crippen LogP contribution in [0.3, 0.4) is 0 Å². The van der Waals surface area contributed by atoms with Crippen molar-refractivity contribution in [2.24, 2.45) is 7.05 Å². The number of hydrogen-bond acceptors (Lipinski definition) is 8. The van der Waals surface area contributed by atoms with Gasteiger partial charge in [0.2, 0.25) is 0 Å². The van der Waals surface area contributed by atoms with Crippen molar-refractivity contribution in [2.45, 2.75) is 18.8 Å². The molecule has 0 bridgehead atoms. The van der Waals surface area contributed by atoms with Crippen molar-refractivity contribution in [2.75, 3.05) is 57.5 Å². The second kappa shape index (κ2) is 8.22. The molecule has 0 saturated carbocycles. The highest BCUT2D eigenvalue weighted by Crippen LogP contribution is 2.36. The number of morpholine rings is 1. The molecule has 3 aliphatic heterocycles. The maximum Gasteiger partial charge on any atom is 0.166 e. The highest BCUT2D eigenvalue weighted by Gasteiger charge is 2.26. The van der Waals surface area contributed by atoms with E-state index in [2.05, 4.69) is 21.8 Å². The molecule has 0 spiro atoms. The predicted molar refractivity (Wildman–Crippen MR) is 121 cm³/mol. The van der Waals surface area contributed by atoms with Gasteiger partial charge in [0.15, 0.2) is 34.3 Å². The highest BCUT2D eigenvalue weighted by molar-refractivity contribution is 5.86. The van der Waals surface area contributed by atoms with Gasteiger partial charge in [-0.3, -0.25) is 0 Å². The predicted octanol–water partition coefficient (Wildman–Crippen LogP) is 2.11. The number of benzene rings is 1. The quantitative estimate of drug-likeness (QED) is 0.668. The molecule has 0 amide bonds. The summed E-state index contributed by atoms with van der Waals surface area (Å²) >= 11 is 0. The number of nitrogens with zero attached hydrogens (tertiary/aromatic N) is 5. The van der Waals surface area contributed by atoms with Crippen LogP contribution in [0.15, 0.2) is 18.2 Å². The monoisotopic (exact) mass is 436 g/mol. The van der Waals surface area contributed by atoms with E-state index in [0.29, 0.717) is 38.2 Å². The number of piperidine rings is 1.